The van der Waals surface area contributed by atoms with Crippen LogP contribution in [0.15, 0.2) is 16.6 Å². The average molecular weight is 332 g/mol. The molecule has 1 amide bonds. The van der Waals surface area contributed by atoms with E-state index in [9.17, 15) is 9.18 Å². The number of rotatable bonds is 3. The zero-order chi connectivity index (χ0) is 13.3. The SMILES string of the molecule is CC(=O)NCCn1c(=S)[nH]c2cc(Br)c(F)cc21. The lowest BCUT2D eigenvalue weighted by molar-refractivity contribution is -0.118. The lowest BCUT2D eigenvalue weighted by Crippen LogP contribution is -2.24. The van der Waals surface area contributed by atoms with Crippen molar-refractivity contribution in [3.05, 3.63) is 27.2 Å². The van der Waals surface area contributed by atoms with Gasteiger partial charge in [-0.25, -0.2) is 4.39 Å². The molecule has 2 aromatic rings. The van der Waals surface area contributed by atoms with E-state index in [1.54, 1.807) is 10.6 Å². The van der Waals surface area contributed by atoms with Crippen LogP contribution in [0, 0.1) is 10.6 Å². The first-order chi connectivity index (χ1) is 8.49. The van der Waals surface area contributed by atoms with Crippen LogP contribution in [0.4, 0.5) is 4.39 Å². The van der Waals surface area contributed by atoms with E-state index in [1.165, 1.54) is 13.0 Å². The smallest absolute Gasteiger partial charge is 0.216 e. The largest absolute Gasteiger partial charge is 0.355 e. The number of H-pyrrole nitrogens is 1. The molecule has 0 fully saturated rings. The van der Waals surface area contributed by atoms with Gasteiger partial charge >= 0.3 is 0 Å². The Hall–Kier alpha value is -1.21. The second-order valence-electron chi connectivity index (χ2n) is 3.85. The summed E-state index contributed by atoms with van der Waals surface area (Å²) < 4.78 is 16.2. The van der Waals surface area contributed by atoms with Crippen LogP contribution in [-0.4, -0.2) is 22.0 Å². The first-order valence-corrected chi connectivity index (χ1v) is 6.51. The van der Waals surface area contributed by atoms with Crippen molar-refractivity contribution in [2.24, 2.45) is 0 Å². The fourth-order valence-electron chi connectivity index (χ4n) is 1.72. The highest BCUT2D eigenvalue weighted by Crippen LogP contribution is 2.23. The van der Waals surface area contributed by atoms with Crippen molar-refractivity contribution in [2.45, 2.75) is 13.5 Å². The number of amides is 1. The summed E-state index contributed by atoms with van der Waals surface area (Å²) in [6.07, 6.45) is 0. The lowest BCUT2D eigenvalue weighted by Gasteiger charge is -2.05. The minimum Gasteiger partial charge on any atom is -0.355 e. The number of benzene rings is 1. The summed E-state index contributed by atoms with van der Waals surface area (Å²) in [4.78, 5) is 13.8. The van der Waals surface area contributed by atoms with Gasteiger partial charge in [-0.1, -0.05) is 0 Å². The Morgan fingerprint density at radius 1 is 1.61 bits per heavy atom. The first-order valence-electron chi connectivity index (χ1n) is 5.31. The van der Waals surface area contributed by atoms with Crippen molar-refractivity contribution in [3.8, 4) is 0 Å². The normalized spacial score (nSPS) is 10.8. The summed E-state index contributed by atoms with van der Waals surface area (Å²) in [6.45, 7) is 2.40. The monoisotopic (exact) mass is 331 g/mol. The van der Waals surface area contributed by atoms with Gasteiger partial charge in [-0.15, -0.1) is 0 Å². The predicted octanol–water partition coefficient (Wildman–Crippen LogP) is 2.74. The molecule has 0 atom stereocenters. The second kappa shape index (κ2) is 5.19. The number of halogens is 2. The van der Waals surface area contributed by atoms with Crippen LogP contribution >= 0.6 is 28.1 Å². The molecule has 0 radical (unpaired) electrons. The number of nitrogens with one attached hydrogen (secondary N) is 2. The van der Waals surface area contributed by atoms with Gasteiger partial charge in [0, 0.05) is 26.1 Å². The Morgan fingerprint density at radius 2 is 2.33 bits per heavy atom. The first kappa shape index (κ1) is 13.2. The molecular formula is C11H11BrFN3OS. The van der Waals surface area contributed by atoms with Crippen molar-refractivity contribution in [2.75, 3.05) is 6.54 Å². The molecular weight excluding hydrogens is 321 g/mol. The lowest BCUT2D eigenvalue weighted by atomic mass is 10.3. The van der Waals surface area contributed by atoms with Gasteiger partial charge in [0.05, 0.1) is 15.5 Å². The van der Waals surface area contributed by atoms with Gasteiger partial charge in [0.25, 0.3) is 0 Å². The van der Waals surface area contributed by atoms with E-state index >= 15 is 0 Å². The zero-order valence-electron chi connectivity index (χ0n) is 9.59. The van der Waals surface area contributed by atoms with Gasteiger partial charge in [0.2, 0.25) is 5.91 Å². The zero-order valence-corrected chi connectivity index (χ0v) is 12.0. The van der Waals surface area contributed by atoms with Crippen LogP contribution in [0.2, 0.25) is 0 Å². The number of hydrogen-bond donors (Lipinski definition) is 2. The topological polar surface area (TPSA) is 49.8 Å². The molecule has 1 heterocycles. The molecule has 2 N–H and O–H groups in total. The summed E-state index contributed by atoms with van der Waals surface area (Å²) in [5.41, 5.74) is 1.45. The number of imidazole rings is 1. The minimum absolute atomic E-state index is 0.102. The number of nitrogens with zero attached hydrogens (tertiary/aromatic N) is 1. The number of hydrogen-bond acceptors (Lipinski definition) is 2. The maximum atomic E-state index is 13.5. The molecule has 1 aromatic carbocycles. The molecule has 0 saturated heterocycles. The Kier molecular flexibility index (Phi) is 3.82. The van der Waals surface area contributed by atoms with Crippen molar-refractivity contribution in [3.63, 3.8) is 0 Å². The number of carbonyl (C=O) groups is 1. The molecule has 2 rings (SSSR count). The Balaban J connectivity index is 2.37. The van der Waals surface area contributed by atoms with Crippen molar-refractivity contribution < 1.29 is 9.18 Å². The number of aromatic nitrogens is 2. The third-order valence-electron chi connectivity index (χ3n) is 2.53. The molecule has 7 heteroatoms. The minimum atomic E-state index is -0.343. The van der Waals surface area contributed by atoms with Crippen LogP contribution in [0.25, 0.3) is 11.0 Å². The summed E-state index contributed by atoms with van der Waals surface area (Å²) >= 11 is 8.30. The van der Waals surface area contributed by atoms with Crippen LogP contribution in [0.5, 0.6) is 0 Å². The summed E-state index contributed by atoms with van der Waals surface area (Å²) in [5.74, 6) is -0.444. The molecule has 0 aliphatic carbocycles. The van der Waals surface area contributed by atoms with Crippen LogP contribution < -0.4 is 5.32 Å². The molecule has 18 heavy (non-hydrogen) atoms. The number of aromatic amines is 1. The molecule has 4 nitrogen and oxygen atoms in total. The van der Waals surface area contributed by atoms with Gasteiger partial charge in [0.1, 0.15) is 5.82 Å². The predicted molar refractivity (Wildman–Crippen MR) is 73.5 cm³/mol. The van der Waals surface area contributed by atoms with Gasteiger partial charge < -0.3 is 14.9 Å². The van der Waals surface area contributed by atoms with Crippen LogP contribution in [0.3, 0.4) is 0 Å². The van der Waals surface area contributed by atoms with E-state index in [-0.39, 0.29) is 11.7 Å². The van der Waals surface area contributed by atoms with Crippen molar-refractivity contribution >= 4 is 45.1 Å². The molecule has 1 aromatic heterocycles. The van der Waals surface area contributed by atoms with E-state index in [4.69, 9.17) is 12.2 Å². The molecule has 0 spiro atoms. The highest BCUT2D eigenvalue weighted by molar-refractivity contribution is 9.10. The third-order valence-corrected chi connectivity index (χ3v) is 3.46. The summed E-state index contributed by atoms with van der Waals surface area (Å²) in [6, 6.07) is 3.06. The molecule has 0 bridgehead atoms. The van der Waals surface area contributed by atoms with Gasteiger partial charge in [-0.3, -0.25) is 4.79 Å². The number of carbonyl (C=O) groups excluding carboxylic acids is 1. The second-order valence-corrected chi connectivity index (χ2v) is 5.09. The summed E-state index contributed by atoms with van der Waals surface area (Å²) in [5, 5.41) is 2.68. The van der Waals surface area contributed by atoms with Crippen LogP contribution in [0.1, 0.15) is 6.92 Å². The standard InChI is InChI=1S/C11H11BrFN3OS/c1-6(17)14-2-3-16-10-5-8(13)7(12)4-9(10)15-11(16)18/h4-5H,2-3H2,1H3,(H,14,17)(H,15,18). The van der Waals surface area contributed by atoms with Crippen molar-refractivity contribution in [1.82, 2.24) is 14.9 Å². The molecule has 96 valence electrons. The van der Waals surface area contributed by atoms with E-state index in [0.717, 1.165) is 5.52 Å². The molecule has 0 aliphatic rings. The number of fused-ring (bicyclic) bond motifs is 1. The molecule has 0 aliphatic heterocycles. The quantitative estimate of drug-likeness (QED) is 0.849. The summed E-state index contributed by atoms with van der Waals surface area (Å²) in [7, 11) is 0. The molecule has 0 unspecified atom stereocenters. The Labute approximate surface area is 116 Å². The van der Waals surface area contributed by atoms with Crippen molar-refractivity contribution in [1.29, 1.82) is 0 Å². The van der Waals surface area contributed by atoms with E-state index in [1.807, 2.05) is 0 Å². The maximum absolute atomic E-state index is 13.5. The van der Waals surface area contributed by atoms with Gasteiger partial charge in [-0.2, -0.15) is 0 Å². The van der Waals surface area contributed by atoms with E-state index in [2.05, 4.69) is 26.2 Å². The fraction of sp³-hybridized carbons (Fsp3) is 0.273. The van der Waals surface area contributed by atoms with E-state index in [0.29, 0.717) is 27.8 Å². The highest BCUT2D eigenvalue weighted by Gasteiger charge is 2.08. The van der Waals surface area contributed by atoms with Crippen LogP contribution in [-0.2, 0) is 11.3 Å². The maximum Gasteiger partial charge on any atom is 0.216 e. The van der Waals surface area contributed by atoms with Gasteiger partial charge in [0.15, 0.2) is 4.77 Å². The Bertz CT molecular complexity index is 664. The fourth-order valence-corrected chi connectivity index (χ4v) is 2.36. The van der Waals surface area contributed by atoms with E-state index < -0.39 is 0 Å². The van der Waals surface area contributed by atoms with Gasteiger partial charge in [-0.05, 0) is 34.2 Å². The molecule has 0 saturated carbocycles. The highest BCUT2D eigenvalue weighted by atomic mass is 79.9. The third kappa shape index (κ3) is 2.62. The average Bonchev–Trinajstić information content (AvgIpc) is 2.56. The Morgan fingerprint density at radius 3 is 3.00 bits per heavy atom.